The van der Waals surface area contributed by atoms with Crippen LogP contribution in [0.4, 0.5) is 5.82 Å². The minimum absolute atomic E-state index is 0.0688. The van der Waals surface area contributed by atoms with Crippen LogP contribution in [0.2, 0.25) is 0 Å². The number of aromatic nitrogens is 2. The van der Waals surface area contributed by atoms with Crippen molar-refractivity contribution in [2.45, 2.75) is 25.8 Å². The fraction of sp³-hybridized carbons (Fsp3) is 0.500. The number of nitrogens with zero attached hydrogens (tertiary/aromatic N) is 3. The lowest BCUT2D eigenvalue weighted by Gasteiger charge is -2.27. The van der Waals surface area contributed by atoms with Crippen LogP contribution in [0.25, 0.3) is 0 Å². The summed E-state index contributed by atoms with van der Waals surface area (Å²) in [6.45, 7) is 6.18. The van der Waals surface area contributed by atoms with Crippen molar-refractivity contribution in [3.8, 4) is 0 Å². The van der Waals surface area contributed by atoms with E-state index in [0.29, 0.717) is 6.54 Å². The van der Waals surface area contributed by atoms with E-state index in [4.69, 9.17) is 0 Å². The van der Waals surface area contributed by atoms with Gasteiger partial charge < -0.3 is 4.90 Å². The summed E-state index contributed by atoms with van der Waals surface area (Å²) >= 11 is 0. The fourth-order valence-corrected chi connectivity index (χ4v) is 1.98. The summed E-state index contributed by atoms with van der Waals surface area (Å²) in [6.07, 6.45) is 5.40. The van der Waals surface area contributed by atoms with Gasteiger partial charge in [-0.05, 0) is 25.3 Å². The van der Waals surface area contributed by atoms with Gasteiger partial charge in [-0.3, -0.25) is 4.79 Å². The molecule has 1 fully saturated rings. The summed E-state index contributed by atoms with van der Waals surface area (Å²) in [5.41, 5.74) is -0.0688. The number of rotatable bonds is 3. The summed E-state index contributed by atoms with van der Waals surface area (Å²) in [5.74, 6) is 0.904. The summed E-state index contributed by atoms with van der Waals surface area (Å²) < 4.78 is 1.46. The lowest BCUT2D eigenvalue weighted by molar-refractivity contribution is 0.558. The van der Waals surface area contributed by atoms with Gasteiger partial charge in [-0.25, -0.2) is 4.68 Å². The van der Waals surface area contributed by atoms with Gasteiger partial charge in [0, 0.05) is 19.2 Å². The van der Waals surface area contributed by atoms with Crippen molar-refractivity contribution in [3.63, 3.8) is 0 Å². The highest BCUT2D eigenvalue weighted by molar-refractivity contribution is 5.36. The lowest BCUT2D eigenvalue weighted by atomic mass is 10.1. The van der Waals surface area contributed by atoms with Crippen molar-refractivity contribution >= 4 is 5.82 Å². The second-order valence-electron chi connectivity index (χ2n) is 4.05. The molecule has 0 saturated carbocycles. The third-order valence-corrected chi connectivity index (χ3v) is 2.83. The molecule has 0 bridgehead atoms. The van der Waals surface area contributed by atoms with Crippen molar-refractivity contribution in [1.29, 1.82) is 0 Å². The zero-order chi connectivity index (χ0) is 11.4. The Kier molecular flexibility index (Phi) is 3.39. The molecule has 86 valence electrons. The highest BCUT2D eigenvalue weighted by Crippen LogP contribution is 2.15. The van der Waals surface area contributed by atoms with Gasteiger partial charge in [0.2, 0.25) is 0 Å². The van der Waals surface area contributed by atoms with E-state index in [-0.39, 0.29) is 5.56 Å². The Labute approximate surface area is 95.2 Å². The number of allylic oxidation sites excluding steroid dienone is 1. The summed E-state index contributed by atoms with van der Waals surface area (Å²) in [5, 5.41) is 4.34. The predicted molar refractivity (Wildman–Crippen MR) is 64.8 cm³/mol. The minimum Gasteiger partial charge on any atom is -0.355 e. The average Bonchev–Trinajstić information content (AvgIpc) is 2.33. The van der Waals surface area contributed by atoms with Crippen LogP contribution < -0.4 is 10.5 Å². The molecule has 1 aliphatic rings. The quantitative estimate of drug-likeness (QED) is 0.722. The SMILES string of the molecule is C=CCn1nc(N2CCCCC2)ccc1=O. The van der Waals surface area contributed by atoms with Gasteiger partial charge in [0.05, 0.1) is 6.54 Å². The molecule has 0 radical (unpaired) electrons. The fourth-order valence-electron chi connectivity index (χ4n) is 1.98. The maximum absolute atomic E-state index is 11.5. The molecule has 16 heavy (non-hydrogen) atoms. The van der Waals surface area contributed by atoms with Crippen LogP contribution in [0, 0.1) is 0 Å². The van der Waals surface area contributed by atoms with Gasteiger partial charge in [0.25, 0.3) is 5.56 Å². The molecule has 1 aromatic rings. The molecule has 1 saturated heterocycles. The summed E-state index contributed by atoms with van der Waals surface area (Å²) in [6, 6.07) is 3.40. The van der Waals surface area contributed by atoms with Crippen molar-refractivity contribution in [2.75, 3.05) is 18.0 Å². The van der Waals surface area contributed by atoms with Crippen LogP contribution in [0.5, 0.6) is 0 Å². The Hall–Kier alpha value is -1.58. The first-order valence-corrected chi connectivity index (χ1v) is 5.75. The maximum Gasteiger partial charge on any atom is 0.267 e. The highest BCUT2D eigenvalue weighted by Gasteiger charge is 2.12. The Morgan fingerprint density at radius 2 is 2.06 bits per heavy atom. The Balaban J connectivity index is 2.23. The molecule has 0 amide bonds. The van der Waals surface area contributed by atoms with Gasteiger partial charge in [-0.2, -0.15) is 5.10 Å². The molecule has 1 aromatic heterocycles. The third kappa shape index (κ3) is 2.32. The third-order valence-electron chi connectivity index (χ3n) is 2.83. The Morgan fingerprint density at radius 3 is 2.75 bits per heavy atom. The molecule has 0 unspecified atom stereocenters. The topological polar surface area (TPSA) is 38.1 Å². The van der Waals surface area contributed by atoms with Crippen molar-refractivity contribution in [1.82, 2.24) is 9.78 Å². The minimum atomic E-state index is -0.0688. The van der Waals surface area contributed by atoms with E-state index in [1.807, 2.05) is 6.07 Å². The van der Waals surface area contributed by atoms with Gasteiger partial charge in [0.15, 0.2) is 0 Å². The van der Waals surface area contributed by atoms with Crippen LogP contribution in [-0.2, 0) is 6.54 Å². The zero-order valence-corrected chi connectivity index (χ0v) is 9.43. The van der Waals surface area contributed by atoms with E-state index in [1.54, 1.807) is 12.1 Å². The van der Waals surface area contributed by atoms with Crippen LogP contribution in [0.1, 0.15) is 19.3 Å². The van der Waals surface area contributed by atoms with E-state index < -0.39 is 0 Å². The van der Waals surface area contributed by atoms with Crippen LogP contribution in [0.15, 0.2) is 29.6 Å². The van der Waals surface area contributed by atoms with Crippen LogP contribution in [-0.4, -0.2) is 22.9 Å². The summed E-state index contributed by atoms with van der Waals surface area (Å²) in [4.78, 5) is 13.7. The molecule has 2 heterocycles. The molecular formula is C12H17N3O. The number of hydrogen-bond acceptors (Lipinski definition) is 3. The first-order valence-electron chi connectivity index (χ1n) is 5.75. The standard InChI is InChI=1S/C12H17N3O/c1-2-8-15-12(16)7-6-11(13-15)14-9-4-3-5-10-14/h2,6-7H,1,3-5,8-10H2. The van der Waals surface area contributed by atoms with Crippen molar-refractivity contribution in [2.24, 2.45) is 0 Å². The molecule has 4 nitrogen and oxygen atoms in total. The molecule has 0 aromatic carbocycles. The highest BCUT2D eigenvalue weighted by atomic mass is 16.1. The molecule has 2 rings (SSSR count). The molecule has 0 N–H and O–H groups in total. The average molecular weight is 219 g/mol. The van der Waals surface area contributed by atoms with Crippen LogP contribution >= 0.6 is 0 Å². The largest absolute Gasteiger partial charge is 0.355 e. The number of anilines is 1. The molecule has 0 atom stereocenters. The van der Waals surface area contributed by atoms with E-state index in [2.05, 4.69) is 16.6 Å². The second-order valence-corrected chi connectivity index (χ2v) is 4.05. The van der Waals surface area contributed by atoms with E-state index in [9.17, 15) is 4.79 Å². The van der Waals surface area contributed by atoms with E-state index in [0.717, 1.165) is 18.9 Å². The molecule has 0 spiro atoms. The zero-order valence-electron chi connectivity index (χ0n) is 9.43. The molecular weight excluding hydrogens is 202 g/mol. The van der Waals surface area contributed by atoms with E-state index in [1.165, 1.54) is 23.9 Å². The first kappa shape index (κ1) is 10.9. The number of hydrogen-bond donors (Lipinski definition) is 0. The molecule has 4 heteroatoms. The summed E-state index contributed by atoms with van der Waals surface area (Å²) in [7, 11) is 0. The molecule has 0 aliphatic carbocycles. The Bertz CT molecular complexity index is 419. The van der Waals surface area contributed by atoms with Crippen molar-refractivity contribution in [3.05, 3.63) is 35.1 Å². The normalized spacial score (nSPS) is 16.1. The predicted octanol–water partition coefficient (Wildman–Crippen LogP) is 1.42. The lowest BCUT2D eigenvalue weighted by Crippen LogP contribution is -2.32. The number of piperidine rings is 1. The monoisotopic (exact) mass is 219 g/mol. The Morgan fingerprint density at radius 1 is 1.31 bits per heavy atom. The van der Waals surface area contributed by atoms with Crippen molar-refractivity contribution < 1.29 is 0 Å². The maximum atomic E-state index is 11.5. The van der Waals surface area contributed by atoms with Gasteiger partial charge in [-0.15, -0.1) is 6.58 Å². The second kappa shape index (κ2) is 4.96. The smallest absolute Gasteiger partial charge is 0.267 e. The van der Waals surface area contributed by atoms with Crippen LogP contribution in [0.3, 0.4) is 0 Å². The van der Waals surface area contributed by atoms with E-state index >= 15 is 0 Å². The van der Waals surface area contributed by atoms with Gasteiger partial charge >= 0.3 is 0 Å². The first-order chi connectivity index (χ1) is 7.81. The molecule has 1 aliphatic heterocycles. The van der Waals surface area contributed by atoms with Gasteiger partial charge in [0.1, 0.15) is 5.82 Å². The van der Waals surface area contributed by atoms with Gasteiger partial charge in [-0.1, -0.05) is 6.08 Å².